The van der Waals surface area contributed by atoms with Gasteiger partial charge in [0.1, 0.15) is 11.8 Å². The fraction of sp³-hybridized carbons (Fsp3) is 0.263. The zero-order chi connectivity index (χ0) is 21.3. The number of rotatable bonds is 5. The Bertz CT molecular complexity index is 1090. The van der Waals surface area contributed by atoms with Crippen molar-refractivity contribution in [3.05, 3.63) is 52.0 Å². The molecule has 1 aliphatic rings. The van der Waals surface area contributed by atoms with Gasteiger partial charge >= 0.3 is 0 Å². The fourth-order valence-corrected chi connectivity index (χ4v) is 5.18. The van der Waals surface area contributed by atoms with E-state index in [-0.39, 0.29) is 33.5 Å². The van der Waals surface area contributed by atoms with Crippen molar-refractivity contribution in [2.45, 2.75) is 30.7 Å². The number of carbonyl (C=O) groups excluding carboxylic acids is 2. The number of ether oxygens (including phenoxy) is 1. The Balaban J connectivity index is 1.92. The number of sulfonamides is 1. The summed E-state index contributed by atoms with van der Waals surface area (Å²) in [4.78, 5) is 25.1. The Morgan fingerprint density at radius 2 is 1.97 bits per heavy atom. The molecule has 0 bridgehead atoms. The number of nitrogens with one attached hydrogen (secondary N) is 1. The lowest BCUT2D eigenvalue weighted by molar-refractivity contribution is -0.128. The Morgan fingerprint density at radius 1 is 1.24 bits per heavy atom. The van der Waals surface area contributed by atoms with Crippen molar-refractivity contribution in [3.8, 4) is 5.75 Å². The molecule has 2 aromatic rings. The largest absolute Gasteiger partial charge is 0.496 e. The Kier molecular flexibility index (Phi) is 6.07. The molecule has 29 heavy (non-hydrogen) atoms. The summed E-state index contributed by atoms with van der Waals surface area (Å²) in [6.45, 7) is 1.69. The van der Waals surface area contributed by atoms with Crippen LogP contribution in [0.15, 0.2) is 41.3 Å². The molecule has 0 saturated carbocycles. The van der Waals surface area contributed by atoms with E-state index in [0.717, 1.165) is 0 Å². The summed E-state index contributed by atoms with van der Waals surface area (Å²) in [6.07, 6.45) is 0.00689. The number of amides is 2. The van der Waals surface area contributed by atoms with Crippen LogP contribution in [0, 0.1) is 6.92 Å². The van der Waals surface area contributed by atoms with Crippen molar-refractivity contribution in [2.75, 3.05) is 12.4 Å². The maximum atomic E-state index is 13.1. The molecule has 7 nitrogen and oxygen atoms in total. The number of carbonyl (C=O) groups is 2. The van der Waals surface area contributed by atoms with Crippen LogP contribution in [0.3, 0.4) is 0 Å². The van der Waals surface area contributed by atoms with E-state index in [1.165, 1.54) is 31.4 Å². The highest BCUT2D eigenvalue weighted by molar-refractivity contribution is 7.89. The SMILES string of the molecule is COc1ccc(S(=O)(=O)N2C(=O)CC[C@H]2C(=O)Nc2cccc(Cl)c2Cl)cc1C. The van der Waals surface area contributed by atoms with Crippen LogP contribution in [-0.4, -0.2) is 37.7 Å². The highest BCUT2D eigenvalue weighted by Gasteiger charge is 2.44. The number of halogens is 2. The number of hydrogen-bond acceptors (Lipinski definition) is 5. The van der Waals surface area contributed by atoms with Gasteiger partial charge < -0.3 is 10.1 Å². The van der Waals surface area contributed by atoms with Crippen LogP contribution in [0.4, 0.5) is 5.69 Å². The first-order valence-electron chi connectivity index (χ1n) is 8.63. The van der Waals surface area contributed by atoms with E-state index in [2.05, 4.69) is 5.32 Å². The van der Waals surface area contributed by atoms with E-state index in [9.17, 15) is 18.0 Å². The molecule has 1 N–H and O–H groups in total. The van der Waals surface area contributed by atoms with Crippen molar-refractivity contribution in [1.29, 1.82) is 0 Å². The highest BCUT2D eigenvalue weighted by Crippen LogP contribution is 2.33. The molecule has 0 unspecified atom stereocenters. The number of benzene rings is 2. The third-order valence-corrected chi connectivity index (χ3v) is 7.24. The van der Waals surface area contributed by atoms with E-state index < -0.39 is 27.9 Å². The molecule has 1 saturated heterocycles. The van der Waals surface area contributed by atoms with Gasteiger partial charge in [-0.15, -0.1) is 0 Å². The lowest BCUT2D eigenvalue weighted by atomic mass is 10.2. The van der Waals surface area contributed by atoms with Gasteiger partial charge in [-0.05, 0) is 49.2 Å². The molecule has 3 rings (SSSR count). The summed E-state index contributed by atoms with van der Waals surface area (Å²) in [5, 5.41) is 2.94. The average molecular weight is 457 g/mol. The van der Waals surface area contributed by atoms with E-state index in [1.54, 1.807) is 19.1 Å². The summed E-state index contributed by atoms with van der Waals surface area (Å²) in [6, 6.07) is 7.75. The fourth-order valence-electron chi connectivity index (χ4n) is 3.14. The van der Waals surface area contributed by atoms with Crippen LogP contribution < -0.4 is 10.1 Å². The van der Waals surface area contributed by atoms with E-state index in [4.69, 9.17) is 27.9 Å². The molecule has 0 radical (unpaired) electrons. The van der Waals surface area contributed by atoms with Crippen molar-refractivity contribution in [3.63, 3.8) is 0 Å². The number of hydrogen-bond donors (Lipinski definition) is 1. The van der Waals surface area contributed by atoms with Gasteiger partial charge in [0.15, 0.2) is 0 Å². The molecular formula is C19H18Cl2N2O5S. The van der Waals surface area contributed by atoms with Gasteiger partial charge in [-0.1, -0.05) is 29.3 Å². The van der Waals surface area contributed by atoms with Gasteiger partial charge in [-0.2, -0.15) is 0 Å². The Hall–Kier alpha value is -2.29. The molecule has 154 valence electrons. The number of anilines is 1. The van der Waals surface area contributed by atoms with Crippen LogP contribution in [0.5, 0.6) is 5.75 Å². The third kappa shape index (κ3) is 4.05. The molecule has 1 atom stereocenters. The molecule has 1 heterocycles. The predicted octanol–water partition coefficient (Wildman–Crippen LogP) is 3.63. The van der Waals surface area contributed by atoms with Crippen molar-refractivity contribution >= 4 is 50.7 Å². The van der Waals surface area contributed by atoms with E-state index >= 15 is 0 Å². The first-order valence-corrected chi connectivity index (χ1v) is 10.8. The van der Waals surface area contributed by atoms with Gasteiger partial charge in [-0.3, -0.25) is 9.59 Å². The molecule has 0 spiro atoms. The van der Waals surface area contributed by atoms with Crippen LogP contribution >= 0.6 is 23.2 Å². The minimum atomic E-state index is -4.23. The van der Waals surface area contributed by atoms with Gasteiger partial charge in [0.2, 0.25) is 11.8 Å². The smallest absolute Gasteiger partial charge is 0.267 e. The van der Waals surface area contributed by atoms with Gasteiger partial charge in [0.05, 0.1) is 27.7 Å². The normalized spacial score (nSPS) is 16.8. The topological polar surface area (TPSA) is 92.8 Å². The first-order chi connectivity index (χ1) is 13.7. The van der Waals surface area contributed by atoms with Gasteiger partial charge in [-0.25, -0.2) is 12.7 Å². The van der Waals surface area contributed by atoms with Crippen molar-refractivity contribution in [2.24, 2.45) is 0 Å². The minimum absolute atomic E-state index is 0.0598. The maximum Gasteiger partial charge on any atom is 0.267 e. The highest BCUT2D eigenvalue weighted by atomic mass is 35.5. The molecule has 0 aliphatic carbocycles. The summed E-state index contributed by atoms with van der Waals surface area (Å²) in [5.41, 5.74) is 0.827. The lowest BCUT2D eigenvalue weighted by Gasteiger charge is -2.24. The zero-order valence-corrected chi connectivity index (χ0v) is 17.9. The van der Waals surface area contributed by atoms with Crippen LogP contribution in [-0.2, 0) is 19.6 Å². The predicted molar refractivity (Wildman–Crippen MR) is 110 cm³/mol. The molecule has 0 aromatic heterocycles. The number of nitrogens with zero attached hydrogens (tertiary/aromatic N) is 1. The van der Waals surface area contributed by atoms with Crippen molar-refractivity contribution < 1.29 is 22.7 Å². The summed E-state index contributed by atoms with van der Waals surface area (Å²) < 4.78 is 32.0. The van der Waals surface area contributed by atoms with Crippen molar-refractivity contribution in [1.82, 2.24) is 4.31 Å². The Labute approximate surface area is 178 Å². The molecule has 10 heteroatoms. The molecule has 1 fully saturated rings. The first kappa shape index (κ1) is 21.4. The zero-order valence-electron chi connectivity index (χ0n) is 15.6. The average Bonchev–Trinajstić information content (AvgIpc) is 3.07. The molecular weight excluding hydrogens is 439 g/mol. The van der Waals surface area contributed by atoms with E-state index in [0.29, 0.717) is 15.6 Å². The third-order valence-electron chi connectivity index (χ3n) is 4.60. The molecule has 1 aliphatic heterocycles. The van der Waals surface area contributed by atoms with Crippen LogP contribution in [0.1, 0.15) is 18.4 Å². The quantitative estimate of drug-likeness (QED) is 0.741. The van der Waals surface area contributed by atoms with Gasteiger partial charge in [0.25, 0.3) is 10.0 Å². The second-order valence-electron chi connectivity index (χ2n) is 6.47. The van der Waals surface area contributed by atoms with E-state index in [1.807, 2.05) is 0 Å². The minimum Gasteiger partial charge on any atom is -0.496 e. The standard InChI is InChI=1S/C19H18Cl2N2O5S/c1-11-10-12(6-8-16(11)28-2)29(26,27)23-15(7-9-17(23)24)19(25)22-14-5-3-4-13(20)18(14)21/h3-6,8,10,15H,7,9H2,1-2H3,(H,22,25)/t15-/m0/s1. The second kappa shape index (κ2) is 8.22. The van der Waals surface area contributed by atoms with Gasteiger partial charge in [0, 0.05) is 6.42 Å². The van der Waals surface area contributed by atoms with Crippen LogP contribution in [0.2, 0.25) is 10.0 Å². The summed E-state index contributed by atoms with van der Waals surface area (Å²) in [7, 11) is -2.76. The Morgan fingerprint density at radius 3 is 2.62 bits per heavy atom. The number of methoxy groups -OCH3 is 1. The molecule has 2 aromatic carbocycles. The second-order valence-corrected chi connectivity index (χ2v) is 9.07. The van der Waals surface area contributed by atoms with Crippen LogP contribution in [0.25, 0.3) is 0 Å². The number of aryl methyl sites for hydroxylation is 1. The summed E-state index contributed by atoms with van der Waals surface area (Å²) >= 11 is 12.0. The summed E-state index contributed by atoms with van der Waals surface area (Å²) in [5.74, 6) is -0.786. The maximum absolute atomic E-state index is 13.1. The monoisotopic (exact) mass is 456 g/mol. The lowest BCUT2D eigenvalue weighted by Crippen LogP contribution is -2.45. The molecule has 2 amide bonds.